The van der Waals surface area contributed by atoms with Crippen LogP contribution in [0.4, 0.5) is 0 Å². The van der Waals surface area contributed by atoms with E-state index in [0.29, 0.717) is 19.8 Å². The van der Waals surface area contributed by atoms with E-state index < -0.39 is 0 Å². The van der Waals surface area contributed by atoms with Crippen molar-refractivity contribution in [3.63, 3.8) is 0 Å². The van der Waals surface area contributed by atoms with Crippen molar-refractivity contribution in [3.8, 4) is 0 Å². The van der Waals surface area contributed by atoms with Crippen LogP contribution in [0.5, 0.6) is 0 Å². The molecule has 4 nitrogen and oxygen atoms in total. The first-order chi connectivity index (χ1) is 8.31. The van der Waals surface area contributed by atoms with E-state index in [1.54, 1.807) is 7.11 Å². The molecule has 0 bridgehead atoms. The number of alkyl halides is 1. The molecule has 0 aromatic rings. The molecule has 2 aliphatic rings. The van der Waals surface area contributed by atoms with E-state index >= 15 is 0 Å². The van der Waals surface area contributed by atoms with Crippen LogP contribution in [0.15, 0.2) is 0 Å². The summed E-state index contributed by atoms with van der Waals surface area (Å²) < 4.78 is 21.9. The summed E-state index contributed by atoms with van der Waals surface area (Å²) in [4.78, 5) is 0. The summed E-state index contributed by atoms with van der Waals surface area (Å²) in [6.45, 7) is 2.70. The first kappa shape index (κ1) is 13.6. The molecule has 100 valence electrons. The summed E-state index contributed by atoms with van der Waals surface area (Å²) in [5.41, 5.74) is 0. The normalized spacial score (nSPS) is 37.1. The predicted molar refractivity (Wildman–Crippen MR) is 64.6 cm³/mol. The second-order valence-electron chi connectivity index (χ2n) is 4.59. The molecule has 1 heterocycles. The van der Waals surface area contributed by atoms with E-state index in [-0.39, 0.29) is 23.7 Å². The van der Waals surface area contributed by atoms with Gasteiger partial charge in [0.2, 0.25) is 0 Å². The third-order valence-corrected chi connectivity index (χ3v) is 3.72. The van der Waals surface area contributed by atoms with Gasteiger partial charge in [-0.15, -0.1) is 11.6 Å². The standard InChI is InChI=1S/C12H21ClO4/c1-14-5-6-16-12-10(13)7-11(12)17-8-9-3-2-4-15-9/h9-12H,2-8H2,1H3. The highest BCUT2D eigenvalue weighted by molar-refractivity contribution is 6.21. The van der Waals surface area contributed by atoms with Gasteiger partial charge in [-0.2, -0.15) is 0 Å². The van der Waals surface area contributed by atoms with Crippen LogP contribution in [-0.2, 0) is 18.9 Å². The molecule has 0 radical (unpaired) electrons. The van der Waals surface area contributed by atoms with Gasteiger partial charge < -0.3 is 18.9 Å². The molecule has 0 amide bonds. The zero-order valence-corrected chi connectivity index (χ0v) is 11.0. The highest BCUT2D eigenvalue weighted by atomic mass is 35.5. The molecule has 5 heteroatoms. The second-order valence-corrected chi connectivity index (χ2v) is 5.15. The lowest BCUT2D eigenvalue weighted by Crippen LogP contribution is -2.52. The molecule has 4 unspecified atom stereocenters. The van der Waals surface area contributed by atoms with Gasteiger partial charge in [-0.3, -0.25) is 0 Å². The third kappa shape index (κ3) is 3.80. The minimum Gasteiger partial charge on any atom is -0.382 e. The monoisotopic (exact) mass is 264 g/mol. The van der Waals surface area contributed by atoms with Crippen molar-refractivity contribution in [2.24, 2.45) is 0 Å². The third-order valence-electron chi connectivity index (χ3n) is 3.30. The summed E-state index contributed by atoms with van der Waals surface area (Å²) >= 11 is 6.11. The van der Waals surface area contributed by atoms with Gasteiger partial charge in [-0.1, -0.05) is 0 Å². The first-order valence-corrected chi connectivity index (χ1v) is 6.72. The summed E-state index contributed by atoms with van der Waals surface area (Å²) in [6.07, 6.45) is 3.51. The van der Waals surface area contributed by atoms with E-state index in [1.165, 1.54) is 0 Å². The van der Waals surface area contributed by atoms with Gasteiger partial charge >= 0.3 is 0 Å². The molecule has 4 atom stereocenters. The minimum absolute atomic E-state index is 0.00761. The van der Waals surface area contributed by atoms with Crippen molar-refractivity contribution in [1.29, 1.82) is 0 Å². The molecule has 1 saturated carbocycles. The number of ether oxygens (including phenoxy) is 4. The van der Waals surface area contributed by atoms with Crippen LogP contribution in [0.3, 0.4) is 0 Å². The van der Waals surface area contributed by atoms with Gasteiger partial charge in [0.25, 0.3) is 0 Å². The highest BCUT2D eigenvalue weighted by Crippen LogP contribution is 2.32. The Morgan fingerprint density at radius 2 is 2.18 bits per heavy atom. The molecule has 2 rings (SSSR count). The molecule has 0 aromatic heterocycles. The van der Waals surface area contributed by atoms with Gasteiger partial charge in [-0.05, 0) is 19.3 Å². The van der Waals surface area contributed by atoms with E-state index in [1.807, 2.05) is 0 Å². The van der Waals surface area contributed by atoms with Crippen molar-refractivity contribution < 1.29 is 18.9 Å². The van der Waals surface area contributed by atoms with Crippen LogP contribution < -0.4 is 0 Å². The average Bonchev–Trinajstić information content (AvgIpc) is 2.83. The molecule has 1 aliphatic heterocycles. The second kappa shape index (κ2) is 6.90. The predicted octanol–water partition coefficient (Wildman–Crippen LogP) is 1.59. The Balaban J connectivity index is 1.62. The Bertz CT molecular complexity index is 221. The number of hydrogen-bond acceptors (Lipinski definition) is 4. The molecular formula is C12H21ClO4. The fourth-order valence-corrected chi connectivity index (χ4v) is 2.59. The van der Waals surface area contributed by atoms with Gasteiger partial charge in [-0.25, -0.2) is 0 Å². The van der Waals surface area contributed by atoms with Gasteiger partial charge in [0.15, 0.2) is 0 Å². The molecule has 1 saturated heterocycles. The maximum atomic E-state index is 6.11. The Morgan fingerprint density at radius 3 is 2.82 bits per heavy atom. The van der Waals surface area contributed by atoms with E-state index in [9.17, 15) is 0 Å². The number of halogens is 1. The lowest BCUT2D eigenvalue weighted by atomic mass is 9.91. The zero-order chi connectivity index (χ0) is 12.1. The Hall–Kier alpha value is 0.130. The maximum Gasteiger partial charge on any atom is 0.100 e. The van der Waals surface area contributed by atoms with Gasteiger partial charge in [0.1, 0.15) is 6.10 Å². The SMILES string of the molecule is COCCOC1C(Cl)CC1OCC1CCCO1. The summed E-state index contributed by atoms with van der Waals surface area (Å²) in [5, 5.41) is 0.0707. The average molecular weight is 265 g/mol. The summed E-state index contributed by atoms with van der Waals surface area (Å²) in [6, 6.07) is 0. The molecule has 0 N–H and O–H groups in total. The minimum atomic E-state index is 0.00761. The van der Waals surface area contributed by atoms with Gasteiger partial charge in [0.05, 0.1) is 37.4 Å². The van der Waals surface area contributed by atoms with Crippen molar-refractivity contribution in [3.05, 3.63) is 0 Å². The molecular weight excluding hydrogens is 244 g/mol. The van der Waals surface area contributed by atoms with Crippen LogP contribution in [0.2, 0.25) is 0 Å². The lowest BCUT2D eigenvalue weighted by Gasteiger charge is -2.40. The van der Waals surface area contributed by atoms with E-state index in [2.05, 4.69) is 0 Å². The van der Waals surface area contributed by atoms with Crippen molar-refractivity contribution in [2.75, 3.05) is 33.5 Å². The molecule has 1 aliphatic carbocycles. The fraction of sp³-hybridized carbons (Fsp3) is 1.00. The highest BCUT2D eigenvalue weighted by Gasteiger charge is 2.42. The molecule has 0 spiro atoms. The fourth-order valence-electron chi connectivity index (χ4n) is 2.18. The first-order valence-electron chi connectivity index (χ1n) is 6.29. The number of rotatable bonds is 7. The molecule has 2 fully saturated rings. The molecule has 0 aromatic carbocycles. The Labute approximate surface area is 107 Å². The van der Waals surface area contributed by atoms with Crippen LogP contribution >= 0.6 is 11.6 Å². The number of hydrogen-bond donors (Lipinski definition) is 0. The van der Waals surface area contributed by atoms with Crippen molar-refractivity contribution in [2.45, 2.75) is 43.0 Å². The van der Waals surface area contributed by atoms with E-state index in [4.69, 9.17) is 30.5 Å². The number of methoxy groups -OCH3 is 1. The smallest absolute Gasteiger partial charge is 0.100 e. The lowest BCUT2D eigenvalue weighted by molar-refractivity contribution is -0.143. The van der Waals surface area contributed by atoms with Crippen molar-refractivity contribution >= 4 is 11.6 Å². The van der Waals surface area contributed by atoms with Crippen LogP contribution in [-0.4, -0.2) is 57.2 Å². The molecule has 17 heavy (non-hydrogen) atoms. The largest absolute Gasteiger partial charge is 0.382 e. The Morgan fingerprint density at radius 1 is 1.29 bits per heavy atom. The van der Waals surface area contributed by atoms with Gasteiger partial charge in [0, 0.05) is 13.7 Å². The van der Waals surface area contributed by atoms with Crippen LogP contribution in [0.25, 0.3) is 0 Å². The zero-order valence-electron chi connectivity index (χ0n) is 10.3. The Kier molecular flexibility index (Phi) is 5.50. The quantitative estimate of drug-likeness (QED) is 0.517. The van der Waals surface area contributed by atoms with Crippen LogP contribution in [0.1, 0.15) is 19.3 Å². The summed E-state index contributed by atoms with van der Waals surface area (Å²) in [5.74, 6) is 0. The maximum absolute atomic E-state index is 6.11. The van der Waals surface area contributed by atoms with Crippen LogP contribution in [0, 0.1) is 0 Å². The van der Waals surface area contributed by atoms with Crippen molar-refractivity contribution in [1.82, 2.24) is 0 Å². The summed E-state index contributed by atoms with van der Waals surface area (Å²) in [7, 11) is 1.66. The van der Waals surface area contributed by atoms with E-state index in [0.717, 1.165) is 25.9 Å². The topological polar surface area (TPSA) is 36.9 Å².